The number of nitrogens with zero attached hydrogens (tertiary/aromatic N) is 2. The largest absolute Gasteiger partial charge is 0.388 e. The average molecular weight is 396 g/mol. The molecule has 1 fully saturated rings. The lowest BCUT2D eigenvalue weighted by molar-refractivity contribution is 0.415. The van der Waals surface area contributed by atoms with Gasteiger partial charge in [-0.25, -0.2) is 8.78 Å². The number of aromatic nitrogens is 2. The Morgan fingerprint density at radius 2 is 1.81 bits per heavy atom. The van der Waals surface area contributed by atoms with Crippen LogP contribution >= 0.6 is 23.2 Å². The molecule has 2 aromatic carbocycles. The monoisotopic (exact) mass is 395 g/mol. The van der Waals surface area contributed by atoms with Gasteiger partial charge in [-0.15, -0.1) is 0 Å². The molecule has 0 radical (unpaired) electrons. The standard InChI is InChI=1S/C18H13Cl2F2N3O/c1-23-10-7-12(19)15(13(20)8-10)18(4-5-18)17-24-16(26-25-17)11-3-2-9(21)6-14(11)22/h2-3,6-8,23H,4-5H2,1H3. The van der Waals surface area contributed by atoms with Gasteiger partial charge in [0.1, 0.15) is 11.6 Å². The van der Waals surface area contributed by atoms with E-state index in [1.54, 1.807) is 19.2 Å². The summed E-state index contributed by atoms with van der Waals surface area (Å²) in [7, 11) is 1.78. The minimum atomic E-state index is -0.764. The number of hydrogen-bond acceptors (Lipinski definition) is 4. The van der Waals surface area contributed by atoms with Gasteiger partial charge in [-0.05, 0) is 37.1 Å². The molecule has 26 heavy (non-hydrogen) atoms. The topological polar surface area (TPSA) is 51.0 Å². The molecule has 1 aliphatic rings. The van der Waals surface area contributed by atoms with Gasteiger partial charge in [0, 0.05) is 34.4 Å². The summed E-state index contributed by atoms with van der Waals surface area (Å²) in [5.74, 6) is -1.06. The molecule has 4 nitrogen and oxygen atoms in total. The molecule has 0 atom stereocenters. The molecule has 1 aromatic heterocycles. The molecule has 1 aliphatic carbocycles. The second kappa shape index (κ2) is 6.21. The Kier molecular flexibility index (Phi) is 4.12. The molecular weight excluding hydrogens is 383 g/mol. The van der Waals surface area contributed by atoms with Crippen molar-refractivity contribution in [2.24, 2.45) is 0 Å². The second-order valence-electron chi connectivity index (χ2n) is 6.19. The minimum absolute atomic E-state index is 0.0112. The lowest BCUT2D eigenvalue weighted by Crippen LogP contribution is -2.13. The van der Waals surface area contributed by atoms with Gasteiger partial charge in [0.2, 0.25) is 0 Å². The highest BCUT2D eigenvalue weighted by molar-refractivity contribution is 6.36. The Balaban J connectivity index is 1.76. The quantitative estimate of drug-likeness (QED) is 0.638. The summed E-state index contributed by atoms with van der Waals surface area (Å²) in [6.45, 7) is 0. The number of benzene rings is 2. The molecule has 4 rings (SSSR count). The van der Waals surface area contributed by atoms with E-state index >= 15 is 0 Å². The number of rotatable bonds is 4. The fourth-order valence-corrected chi connectivity index (χ4v) is 3.92. The van der Waals surface area contributed by atoms with Crippen molar-refractivity contribution in [2.45, 2.75) is 18.3 Å². The summed E-state index contributed by atoms with van der Waals surface area (Å²) < 4.78 is 32.3. The van der Waals surface area contributed by atoms with Crippen molar-refractivity contribution < 1.29 is 13.3 Å². The molecule has 3 aromatic rings. The maximum Gasteiger partial charge on any atom is 0.260 e. The van der Waals surface area contributed by atoms with Crippen LogP contribution in [0.4, 0.5) is 14.5 Å². The van der Waals surface area contributed by atoms with Crippen LogP contribution in [0.1, 0.15) is 24.2 Å². The van der Waals surface area contributed by atoms with E-state index in [1.807, 2.05) is 0 Å². The Morgan fingerprint density at radius 3 is 2.38 bits per heavy atom. The summed E-state index contributed by atoms with van der Waals surface area (Å²) in [5, 5.41) is 8.00. The first-order valence-electron chi connectivity index (χ1n) is 7.91. The third-order valence-electron chi connectivity index (χ3n) is 4.57. The highest BCUT2D eigenvalue weighted by atomic mass is 35.5. The van der Waals surface area contributed by atoms with Crippen LogP contribution in [0.15, 0.2) is 34.9 Å². The Bertz CT molecular complexity index is 979. The molecule has 8 heteroatoms. The molecule has 0 unspecified atom stereocenters. The van der Waals surface area contributed by atoms with Crippen LogP contribution in [0.3, 0.4) is 0 Å². The minimum Gasteiger partial charge on any atom is -0.388 e. The zero-order valence-corrected chi connectivity index (χ0v) is 15.1. The molecule has 1 heterocycles. The maximum absolute atomic E-state index is 14.0. The van der Waals surface area contributed by atoms with Gasteiger partial charge in [-0.3, -0.25) is 0 Å². The van der Waals surface area contributed by atoms with Gasteiger partial charge in [0.05, 0.1) is 11.0 Å². The van der Waals surface area contributed by atoms with Crippen LogP contribution in [0.25, 0.3) is 11.5 Å². The predicted molar refractivity (Wildman–Crippen MR) is 95.7 cm³/mol. The molecule has 0 aliphatic heterocycles. The maximum atomic E-state index is 14.0. The van der Waals surface area contributed by atoms with E-state index in [0.717, 1.165) is 36.2 Å². The third-order valence-corrected chi connectivity index (χ3v) is 5.17. The van der Waals surface area contributed by atoms with E-state index in [4.69, 9.17) is 27.7 Å². The third kappa shape index (κ3) is 2.73. The summed E-state index contributed by atoms with van der Waals surface area (Å²) in [6, 6.07) is 6.74. The summed E-state index contributed by atoms with van der Waals surface area (Å²) in [6.07, 6.45) is 1.49. The first kappa shape index (κ1) is 17.2. The van der Waals surface area contributed by atoms with Crippen LogP contribution in [0, 0.1) is 11.6 Å². The van der Waals surface area contributed by atoms with Gasteiger partial charge in [0.25, 0.3) is 5.89 Å². The first-order chi connectivity index (χ1) is 12.4. The first-order valence-corrected chi connectivity index (χ1v) is 8.67. The van der Waals surface area contributed by atoms with Crippen LogP contribution in [-0.2, 0) is 5.41 Å². The molecular formula is C18H13Cl2F2N3O. The van der Waals surface area contributed by atoms with Gasteiger partial charge in [0.15, 0.2) is 5.82 Å². The van der Waals surface area contributed by atoms with Crippen LogP contribution < -0.4 is 5.32 Å². The molecule has 0 saturated heterocycles. The number of nitrogens with one attached hydrogen (secondary N) is 1. The second-order valence-corrected chi connectivity index (χ2v) is 7.01. The van der Waals surface area contributed by atoms with Gasteiger partial charge >= 0.3 is 0 Å². The molecule has 0 amide bonds. The van der Waals surface area contributed by atoms with E-state index in [1.165, 1.54) is 6.07 Å². The molecule has 134 valence electrons. The summed E-state index contributed by atoms with van der Waals surface area (Å²) in [4.78, 5) is 4.33. The number of anilines is 1. The Labute approximate surface area is 158 Å². The van der Waals surface area contributed by atoms with Crippen LogP contribution in [0.5, 0.6) is 0 Å². The normalized spacial score (nSPS) is 15.1. The van der Waals surface area contributed by atoms with Crippen molar-refractivity contribution in [2.75, 3.05) is 12.4 Å². The Morgan fingerprint density at radius 1 is 1.12 bits per heavy atom. The fourth-order valence-electron chi connectivity index (χ4n) is 3.08. The summed E-state index contributed by atoms with van der Waals surface area (Å²) in [5.41, 5.74) is 1.01. The molecule has 1 N–H and O–H groups in total. The molecule has 0 bridgehead atoms. The van der Waals surface area contributed by atoms with E-state index in [0.29, 0.717) is 15.9 Å². The van der Waals surface area contributed by atoms with Crippen molar-refractivity contribution in [3.8, 4) is 11.5 Å². The van der Waals surface area contributed by atoms with Gasteiger partial charge in [-0.2, -0.15) is 4.98 Å². The average Bonchev–Trinajstić information content (AvgIpc) is 3.22. The van der Waals surface area contributed by atoms with Gasteiger partial charge in [-0.1, -0.05) is 28.4 Å². The van der Waals surface area contributed by atoms with Crippen LogP contribution in [-0.4, -0.2) is 17.2 Å². The fraction of sp³-hybridized carbons (Fsp3) is 0.222. The van der Waals surface area contributed by atoms with Gasteiger partial charge < -0.3 is 9.84 Å². The predicted octanol–water partition coefficient (Wildman–Crippen LogP) is 5.44. The Hall–Kier alpha value is -2.18. The number of halogens is 4. The van der Waals surface area contributed by atoms with E-state index < -0.39 is 17.0 Å². The van der Waals surface area contributed by atoms with Crippen molar-refractivity contribution >= 4 is 28.9 Å². The smallest absolute Gasteiger partial charge is 0.260 e. The summed E-state index contributed by atoms with van der Waals surface area (Å²) >= 11 is 12.9. The van der Waals surface area contributed by atoms with Crippen molar-refractivity contribution in [3.05, 3.63) is 63.4 Å². The zero-order valence-electron chi connectivity index (χ0n) is 13.6. The van der Waals surface area contributed by atoms with E-state index in [9.17, 15) is 8.78 Å². The van der Waals surface area contributed by atoms with E-state index in [-0.39, 0.29) is 11.5 Å². The lowest BCUT2D eigenvalue weighted by Gasteiger charge is -2.16. The van der Waals surface area contributed by atoms with Crippen LogP contribution in [0.2, 0.25) is 10.0 Å². The van der Waals surface area contributed by atoms with Crippen molar-refractivity contribution in [3.63, 3.8) is 0 Å². The SMILES string of the molecule is CNc1cc(Cl)c(C2(c3noc(-c4ccc(F)cc4F)n3)CC2)c(Cl)c1. The van der Waals surface area contributed by atoms with E-state index in [2.05, 4.69) is 15.5 Å². The highest BCUT2D eigenvalue weighted by Crippen LogP contribution is 2.57. The highest BCUT2D eigenvalue weighted by Gasteiger charge is 2.52. The molecule has 0 spiro atoms. The molecule has 1 saturated carbocycles. The lowest BCUT2D eigenvalue weighted by atomic mass is 9.94. The zero-order chi connectivity index (χ0) is 18.5. The van der Waals surface area contributed by atoms with Crippen molar-refractivity contribution in [1.82, 2.24) is 10.1 Å². The van der Waals surface area contributed by atoms with Crippen molar-refractivity contribution in [1.29, 1.82) is 0 Å². The number of hydrogen-bond donors (Lipinski definition) is 1.